The number of piperidine rings is 1. The van der Waals surface area contributed by atoms with Crippen molar-refractivity contribution >= 4 is 0 Å². The van der Waals surface area contributed by atoms with Gasteiger partial charge in [-0.1, -0.05) is 6.92 Å². The van der Waals surface area contributed by atoms with Crippen LogP contribution in [0.25, 0.3) is 0 Å². The first-order valence-electron chi connectivity index (χ1n) is 6.79. The van der Waals surface area contributed by atoms with E-state index in [2.05, 4.69) is 17.1 Å². The van der Waals surface area contributed by atoms with Crippen LogP contribution in [0.1, 0.15) is 39.0 Å². The molecule has 86 valence electrons. The van der Waals surface area contributed by atoms with Gasteiger partial charge in [0.15, 0.2) is 0 Å². The topological polar surface area (TPSA) is 15.3 Å². The number of hydrogen-bond donors (Lipinski definition) is 1. The average molecular weight is 208 g/mol. The van der Waals surface area contributed by atoms with Crippen LogP contribution >= 0.6 is 0 Å². The van der Waals surface area contributed by atoms with Gasteiger partial charge < -0.3 is 10.2 Å². The predicted molar refractivity (Wildman–Crippen MR) is 62.9 cm³/mol. The SMILES string of the molecule is CC1CCCN(CC2CC3CCC2N3)C1. The maximum absolute atomic E-state index is 3.75. The fourth-order valence-electron chi connectivity index (χ4n) is 3.92. The van der Waals surface area contributed by atoms with Crippen molar-refractivity contribution in [2.24, 2.45) is 11.8 Å². The summed E-state index contributed by atoms with van der Waals surface area (Å²) in [5.41, 5.74) is 0. The van der Waals surface area contributed by atoms with E-state index in [1.807, 2.05) is 0 Å². The van der Waals surface area contributed by atoms with Crippen molar-refractivity contribution in [3.05, 3.63) is 0 Å². The monoisotopic (exact) mass is 208 g/mol. The number of likely N-dealkylation sites (tertiary alicyclic amines) is 1. The molecule has 3 aliphatic heterocycles. The minimum absolute atomic E-state index is 0.868. The van der Waals surface area contributed by atoms with Crippen molar-refractivity contribution in [2.75, 3.05) is 19.6 Å². The van der Waals surface area contributed by atoms with Gasteiger partial charge in [-0.05, 0) is 50.5 Å². The Bertz CT molecular complexity index is 229. The van der Waals surface area contributed by atoms with Crippen LogP contribution in [0.15, 0.2) is 0 Å². The lowest BCUT2D eigenvalue weighted by Crippen LogP contribution is -2.40. The van der Waals surface area contributed by atoms with Crippen LogP contribution in [0, 0.1) is 11.8 Å². The molecule has 3 fully saturated rings. The molecule has 2 bridgehead atoms. The number of rotatable bonds is 2. The van der Waals surface area contributed by atoms with Crippen molar-refractivity contribution in [1.82, 2.24) is 10.2 Å². The molecule has 0 amide bonds. The van der Waals surface area contributed by atoms with Crippen molar-refractivity contribution in [1.29, 1.82) is 0 Å². The van der Waals surface area contributed by atoms with E-state index in [1.165, 1.54) is 51.7 Å². The van der Waals surface area contributed by atoms with Crippen molar-refractivity contribution in [3.63, 3.8) is 0 Å². The quantitative estimate of drug-likeness (QED) is 0.745. The summed E-state index contributed by atoms with van der Waals surface area (Å²) in [5, 5.41) is 3.75. The second kappa shape index (κ2) is 4.06. The summed E-state index contributed by atoms with van der Waals surface area (Å²) in [5.74, 6) is 1.90. The van der Waals surface area contributed by atoms with E-state index >= 15 is 0 Å². The van der Waals surface area contributed by atoms with Gasteiger partial charge in [-0.25, -0.2) is 0 Å². The van der Waals surface area contributed by atoms with Gasteiger partial charge >= 0.3 is 0 Å². The Balaban J connectivity index is 1.52. The van der Waals surface area contributed by atoms with Crippen LogP contribution in [0.4, 0.5) is 0 Å². The second-order valence-corrected chi connectivity index (χ2v) is 6.05. The molecule has 4 unspecified atom stereocenters. The normalized spacial score (nSPS) is 46.2. The van der Waals surface area contributed by atoms with E-state index in [0.29, 0.717) is 0 Å². The molecule has 3 heterocycles. The van der Waals surface area contributed by atoms with Gasteiger partial charge in [0.2, 0.25) is 0 Å². The van der Waals surface area contributed by atoms with Crippen molar-refractivity contribution in [2.45, 2.75) is 51.1 Å². The lowest BCUT2D eigenvalue weighted by molar-refractivity contribution is 0.149. The van der Waals surface area contributed by atoms with Crippen molar-refractivity contribution < 1.29 is 0 Å². The van der Waals surface area contributed by atoms with Gasteiger partial charge in [0.25, 0.3) is 0 Å². The lowest BCUT2D eigenvalue weighted by Gasteiger charge is -2.34. The van der Waals surface area contributed by atoms with Crippen LogP contribution in [-0.4, -0.2) is 36.6 Å². The fraction of sp³-hybridized carbons (Fsp3) is 1.00. The number of nitrogens with zero attached hydrogens (tertiary/aromatic N) is 1. The molecule has 0 aromatic carbocycles. The lowest BCUT2D eigenvalue weighted by atomic mass is 9.88. The number of nitrogens with one attached hydrogen (secondary N) is 1. The first-order valence-corrected chi connectivity index (χ1v) is 6.79. The molecular weight excluding hydrogens is 184 g/mol. The predicted octanol–water partition coefficient (Wildman–Crippen LogP) is 1.86. The largest absolute Gasteiger partial charge is 0.311 e. The van der Waals surface area contributed by atoms with Gasteiger partial charge in [-0.3, -0.25) is 0 Å². The zero-order valence-electron chi connectivity index (χ0n) is 9.91. The third kappa shape index (κ3) is 2.07. The smallest absolute Gasteiger partial charge is 0.0111 e. The van der Waals surface area contributed by atoms with E-state index in [9.17, 15) is 0 Å². The van der Waals surface area contributed by atoms with E-state index in [-0.39, 0.29) is 0 Å². The van der Waals surface area contributed by atoms with Gasteiger partial charge in [-0.15, -0.1) is 0 Å². The zero-order valence-corrected chi connectivity index (χ0v) is 9.91. The Morgan fingerprint density at radius 3 is 2.87 bits per heavy atom. The summed E-state index contributed by atoms with van der Waals surface area (Å²) in [4.78, 5) is 2.72. The van der Waals surface area contributed by atoms with Gasteiger partial charge in [0.05, 0.1) is 0 Å². The standard InChI is InChI=1S/C13H24N2/c1-10-3-2-6-15(8-10)9-11-7-12-4-5-13(11)14-12/h10-14H,2-9H2,1H3. The molecular formula is C13H24N2. The molecule has 0 aromatic rings. The minimum atomic E-state index is 0.868. The highest BCUT2D eigenvalue weighted by Gasteiger charge is 2.39. The first-order chi connectivity index (χ1) is 7.31. The minimum Gasteiger partial charge on any atom is -0.311 e. The summed E-state index contributed by atoms with van der Waals surface area (Å²) >= 11 is 0. The Morgan fingerprint density at radius 1 is 1.27 bits per heavy atom. The Hall–Kier alpha value is -0.0800. The Kier molecular flexibility index (Phi) is 2.73. The van der Waals surface area contributed by atoms with Crippen LogP contribution < -0.4 is 5.32 Å². The summed E-state index contributed by atoms with van der Waals surface area (Å²) < 4.78 is 0. The highest BCUT2D eigenvalue weighted by Crippen LogP contribution is 2.34. The van der Waals surface area contributed by atoms with Gasteiger partial charge in [0.1, 0.15) is 0 Å². The summed E-state index contributed by atoms with van der Waals surface area (Å²) in [7, 11) is 0. The third-order valence-electron chi connectivity index (χ3n) is 4.67. The van der Waals surface area contributed by atoms with E-state index in [4.69, 9.17) is 0 Å². The summed E-state index contributed by atoms with van der Waals surface area (Å²) in [6.07, 6.45) is 7.22. The highest BCUT2D eigenvalue weighted by molar-refractivity contribution is 4.98. The molecule has 4 atom stereocenters. The second-order valence-electron chi connectivity index (χ2n) is 6.05. The molecule has 0 saturated carbocycles. The molecule has 0 radical (unpaired) electrons. The maximum Gasteiger partial charge on any atom is 0.0111 e. The molecule has 0 aromatic heterocycles. The van der Waals surface area contributed by atoms with E-state index in [0.717, 1.165) is 23.9 Å². The van der Waals surface area contributed by atoms with E-state index in [1.54, 1.807) is 0 Å². The molecule has 3 saturated heterocycles. The third-order valence-corrected chi connectivity index (χ3v) is 4.67. The van der Waals surface area contributed by atoms with Crippen LogP contribution in [0.5, 0.6) is 0 Å². The molecule has 2 nitrogen and oxygen atoms in total. The molecule has 0 aliphatic carbocycles. The molecule has 0 spiro atoms. The summed E-state index contributed by atoms with van der Waals surface area (Å²) in [6, 6.07) is 1.74. The van der Waals surface area contributed by atoms with E-state index < -0.39 is 0 Å². The molecule has 3 aliphatic rings. The van der Waals surface area contributed by atoms with Gasteiger partial charge in [-0.2, -0.15) is 0 Å². The Labute approximate surface area is 93.4 Å². The first kappa shape index (κ1) is 10.1. The highest BCUT2D eigenvalue weighted by atomic mass is 15.2. The Morgan fingerprint density at radius 2 is 2.20 bits per heavy atom. The van der Waals surface area contributed by atoms with Gasteiger partial charge in [0, 0.05) is 25.2 Å². The molecule has 2 heteroatoms. The fourth-order valence-corrected chi connectivity index (χ4v) is 3.92. The molecule has 1 N–H and O–H groups in total. The number of hydrogen-bond acceptors (Lipinski definition) is 2. The molecule has 3 rings (SSSR count). The number of fused-ring (bicyclic) bond motifs is 2. The zero-order chi connectivity index (χ0) is 10.3. The molecule has 15 heavy (non-hydrogen) atoms. The van der Waals surface area contributed by atoms with Crippen LogP contribution in [0.3, 0.4) is 0 Å². The maximum atomic E-state index is 3.75. The van der Waals surface area contributed by atoms with Crippen molar-refractivity contribution in [3.8, 4) is 0 Å². The average Bonchev–Trinajstić information content (AvgIpc) is 2.79. The van der Waals surface area contributed by atoms with Crippen LogP contribution in [0.2, 0.25) is 0 Å². The summed E-state index contributed by atoms with van der Waals surface area (Å²) in [6.45, 7) is 6.50. The van der Waals surface area contributed by atoms with Crippen LogP contribution in [-0.2, 0) is 0 Å².